The second-order valence-corrected chi connectivity index (χ2v) is 9.28. The van der Waals surface area contributed by atoms with Crippen molar-refractivity contribution < 1.29 is 18.0 Å². The Morgan fingerprint density at radius 3 is 2.63 bits per heavy atom. The number of hydrogen-bond acceptors (Lipinski definition) is 5. The van der Waals surface area contributed by atoms with E-state index in [0.717, 1.165) is 12.0 Å². The fraction of sp³-hybridized carbons (Fsp3) is 0.526. The molecule has 2 amide bonds. The summed E-state index contributed by atoms with van der Waals surface area (Å²) in [7, 11) is -3.13. The van der Waals surface area contributed by atoms with E-state index in [9.17, 15) is 18.0 Å². The van der Waals surface area contributed by atoms with E-state index in [1.807, 2.05) is 37.3 Å². The lowest BCUT2D eigenvalue weighted by molar-refractivity contribution is -0.134. The van der Waals surface area contributed by atoms with Crippen LogP contribution in [0, 0.1) is 0 Å². The van der Waals surface area contributed by atoms with Crippen LogP contribution in [-0.4, -0.2) is 59.9 Å². The molecule has 0 saturated carbocycles. The van der Waals surface area contributed by atoms with Gasteiger partial charge in [-0.1, -0.05) is 37.3 Å². The Bertz CT molecular complexity index is 836. The minimum Gasteiger partial charge on any atom is -0.333 e. The molecular weight excluding hydrogens is 366 g/mol. The largest absolute Gasteiger partial charge is 0.333 e. The molecule has 8 heteroatoms. The zero-order valence-corrected chi connectivity index (χ0v) is 16.3. The van der Waals surface area contributed by atoms with Crippen molar-refractivity contribution in [3.05, 3.63) is 35.9 Å². The molecule has 0 aliphatic carbocycles. The van der Waals surface area contributed by atoms with Gasteiger partial charge >= 0.3 is 0 Å². The van der Waals surface area contributed by atoms with Crippen LogP contribution >= 0.6 is 0 Å². The van der Waals surface area contributed by atoms with Crippen LogP contribution in [0.3, 0.4) is 0 Å². The van der Waals surface area contributed by atoms with Gasteiger partial charge < -0.3 is 4.90 Å². The molecule has 2 aliphatic rings. The summed E-state index contributed by atoms with van der Waals surface area (Å²) in [6.45, 7) is 3.09. The van der Waals surface area contributed by atoms with Gasteiger partial charge in [0.25, 0.3) is 5.91 Å². The van der Waals surface area contributed by atoms with Crippen LogP contribution < -0.4 is 0 Å². The molecule has 0 unspecified atom stereocenters. The zero-order valence-electron chi connectivity index (χ0n) is 15.5. The van der Waals surface area contributed by atoms with Gasteiger partial charge in [0.1, 0.15) is 5.71 Å². The fourth-order valence-corrected chi connectivity index (χ4v) is 5.18. The van der Waals surface area contributed by atoms with Crippen molar-refractivity contribution >= 4 is 27.4 Å². The predicted molar refractivity (Wildman–Crippen MR) is 103 cm³/mol. The van der Waals surface area contributed by atoms with Crippen molar-refractivity contribution in [1.29, 1.82) is 0 Å². The Morgan fingerprint density at radius 1 is 1.26 bits per heavy atom. The number of benzene rings is 1. The van der Waals surface area contributed by atoms with Gasteiger partial charge in [-0.25, -0.2) is 13.4 Å². The predicted octanol–water partition coefficient (Wildman–Crippen LogP) is 1.59. The Kier molecular flexibility index (Phi) is 5.94. The van der Waals surface area contributed by atoms with Crippen LogP contribution in [0.5, 0.6) is 0 Å². The highest BCUT2D eigenvalue weighted by atomic mass is 32.2. The molecule has 1 saturated heterocycles. The molecular formula is C19H25N3O4S. The van der Waals surface area contributed by atoms with Crippen LogP contribution in [0.2, 0.25) is 0 Å². The molecule has 3 rings (SSSR count). The number of rotatable bonds is 6. The van der Waals surface area contributed by atoms with Gasteiger partial charge in [-0.3, -0.25) is 9.59 Å². The Labute approximate surface area is 159 Å². The maximum absolute atomic E-state index is 13.0. The average molecular weight is 391 g/mol. The Balaban J connectivity index is 1.78. The van der Waals surface area contributed by atoms with E-state index in [1.165, 1.54) is 5.01 Å². The third-order valence-electron chi connectivity index (χ3n) is 4.86. The first-order chi connectivity index (χ1) is 12.9. The first kappa shape index (κ1) is 19.5. The molecule has 0 spiro atoms. The summed E-state index contributed by atoms with van der Waals surface area (Å²) in [4.78, 5) is 27.0. The number of hydrazone groups is 1. The van der Waals surface area contributed by atoms with Crippen molar-refractivity contribution in [1.82, 2.24) is 9.91 Å². The summed E-state index contributed by atoms with van der Waals surface area (Å²) >= 11 is 0. The standard InChI is InChI=1S/C19H25N3O4S/c1-2-11-21(13-15-6-4-3-5-7-15)19(24)17-8-9-18(23)22(20-17)16-10-12-27(25,26)14-16/h3-7,16H,2,8-14H2,1H3/t16-/m0/s1. The molecule has 1 aromatic rings. The molecule has 2 heterocycles. The SMILES string of the molecule is CCCN(Cc1ccccc1)C(=O)C1=NN([C@H]2CCS(=O)(=O)C2)C(=O)CC1. The number of hydrogen-bond donors (Lipinski definition) is 0. The van der Waals surface area contributed by atoms with E-state index in [0.29, 0.717) is 31.6 Å². The van der Waals surface area contributed by atoms with Gasteiger partial charge in [-0.2, -0.15) is 5.10 Å². The third-order valence-corrected chi connectivity index (χ3v) is 6.61. The minimum atomic E-state index is -3.13. The molecule has 0 N–H and O–H groups in total. The topological polar surface area (TPSA) is 87.1 Å². The van der Waals surface area contributed by atoms with E-state index >= 15 is 0 Å². The summed E-state index contributed by atoms with van der Waals surface area (Å²) in [5, 5.41) is 5.54. The van der Waals surface area contributed by atoms with Crippen molar-refractivity contribution in [2.75, 3.05) is 18.1 Å². The number of carbonyl (C=O) groups excluding carboxylic acids is 2. The van der Waals surface area contributed by atoms with E-state index in [2.05, 4.69) is 5.10 Å². The lowest BCUT2D eigenvalue weighted by Crippen LogP contribution is -2.45. The van der Waals surface area contributed by atoms with E-state index < -0.39 is 15.9 Å². The van der Waals surface area contributed by atoms with Gasteiger partial charge in [0.05, 0.1) is 17.5 Å². The molecule has 0 bridgehead atoms. The zero-order chi connectivity index (χ0) is 19.4. The Hall–Kier alpha value is -2.22. The maximum atomic E-state index is 13.0. The first-order valence-corrected chi connectivity index (χ1v) is 11.1. The summed E-state index contributed by atoms with van der Waals surface area (Å²) in [5.74, 6) is -0.402. The maximum Gasteiger partial charge on any atom is 0.270 e. The molecule has 0 radical (unpaired) electrons. The number of carbonyl (C=O) groups is 2. The third kappa shape index (κ3) is 4.74. The molecule has 1 atom stereocenters. The highest BCUT2D eigenvalue weighted by molar-refractivity contribution is 7.91. The fourth-order valence-electron chi connectivity index (χ4n) is 3.49. The molecule has 0 aromatic heterocycles. The number of sulfone groups is 1. The highest BCUT2D eigenvalue weighted by Gasteiger charge is 2.37. The van der Waals surface area contributed by atoms with Crippen LogP contribution in [0.25, 0.3) is 0 Å². The lowest BCUT2D eigenvalue weighted by atomic mass is 10.1. The van der Waals surface area contributed by atoms with E-state index in [1.54, 1.807) is 4.90 Å². The van der Waals surface area contributed by atoms with Crippen molar-refractivity contribution in [3.63, 3.8) is 0 Å². The summed E-state index contributed by atoms with van der Waals surface area (Å²) < 4.78 is 23.5. The number of nitrogens with zero attached hydrogens (tertiary/aromatic N) is 3. The van der Waals surface area contributed by atoms with Crippen molar-refractivity contribution in [2.24, 2.45) is 5.10 Å². The molecule has 27 heavy (non-hydrogen) atoms. The van der Waals surface area contributed by atoms with Crippen molar-refractivity contribution in [3.8, 4) is 0 Å². The van der Waals surface area contributed by atoms with Gasteiger partial charge in [-0.15, -0.1) is 0 Å². The molecule has 7 nitrogen and oxygen atoms in total. The smallest absolute Gasteiger partial charge is 0.270 e. The normalized spacial score (nSPS) is 21.8. The minimum absolute atomic E-state index is 0.0657. The summed E-state index contributed by atoms with van der Waals surface area (Å²) in [6.07, 6.45) is 1.67. The van der Waals surface area contributed by atoms with Gasteiger partial charge in [0, 0.05) is 25.9 Å². The van der Waals surface area contributed by atoms with Crippen LogP contribution in [0.15, 0.2) is 35.4 Å². The van der Waals surface area contributed by atoms with Gasteiger partial charge in [0.2, 0.25) is 5.91 Å². The average Bonchev–Trinajstić information content (AvgIpc) is 3.02. The van der Waals surface area contributed by atoms with E-state index in [-0.39, 0.29) is 29.7 Å². The lowest BCUT2D eigenvalue weighted by Gasteiger charge is -2.30. The molecule has 1 aromatic carbocycles. The summed E-state index contributed by atoms with van der Waals surface area (Å²) in [6, 6.07) is 9.28. The van der Waals surface area contributed by atoms with Gasteiger partial charge in [0.15, 0.2) is 9.84 Å². The van der Waals surface area contributed by atoms with Crippen LogP contribution in [0.4, 0.5) is 0 Å². The van der Waals surface area contributed by atoms with Gasteiger partial charge in [-0.05, 0) is 18.4 Å². The van der Waals surface area contributed by atoms with E-state index in [4.69, 9.17) is 0 Å². The highest BCUT2D eigenvalue weighted by Crippen LogP contribution is 2.23. The number of amides is 2. The molecule has 2 aliphatic heterocycles. The monoisotopic (exact) mass is 391 g/mol. The van der Waals surface area contributed by atoms with Crippen LogP contribution in [-0.2, 0) is 26.0 Å². The molecule has 1 fully saturated rings. The summed E-state index contributed by atoms with van der Waals surface area (Å²) in [5.41, 5.74) is 1.37. The quantitative estimate of drug-likeness (QED) is 0.737. The van der Waals surface area contributed by atoms with Crippen LogP contribution in [0.1, 0.15) is 38.2 Å². The van der Waals surface area contributed by atoms with Crippen molar-refractivity contribution in [2.45, 2.75) is 45.2 Å². The first-order valence-electron chi connectivity index (χ1n) is 9.33. The Morgan fingerprint density at radius 2 is 2.00 bits per heavy atom. The second-order valence-electron chi connectivity index (χ2n) is 7.05. The molecule has 146 valence electrons. The second kappa shape index (κ2) is 8.21.